The average Bonchev–Trinajstić information content (AvgIpc) is 2.88. The second-order valence-electron chi connectivity index (χ2n) is 4.70. The fraction of sp³-hybridized carbons (Fsp3) is 0.0588. The fourth-order valence-corrected chi connectivity index (χ4v) is 2.12. The van der Waals surface area contributed by atoms with E-state index in [0.29, 0.717) is 17.4 Å². The van der Waals surface area contributed by atoms with Crippen LogP contribution in [-0.2, 0) is 9.53 Å². The van der Waals surface area contributed by atoms with Gasteiger partial charge in [-0.15, -0.1) is 0 Å². The molecule has 0 bridgehead atoms. The molecule has 0 amide bonds. The van der Waals surface area contributed by atoms with E-state index in [1.807, 2.05) is 0 Å². The number of aliphatic imine (C=N–C) groups is 1. The monoisotopic (exact) mass is 315 g/mol. The number of ether oxygens (including phenoxy) is 2. The lowest BCUT2D eigenvalue weighted by atomic mass is 10.1. The summed E-state index contributed by atoms with van der Waals surface area (Å²) < 4.78 is 36.9. The van der Waals surface area contributed by atoms with Crippen molar-refractivity contribution in [2.24, 2.45) is 4.99 Å². The van der Waals surface area contributed by atoms with Crippen LogP contribution >= 0.6 is 0 Å². The molecule has 0 unspecified atom stereocenters. The first kappa shape index (κ1) is 14.9. The highest BCUT2D eigenvalue weighted by Crippen LogP contribution is 2.25. The third-order valence-corrected chi connectivity index (χ3v) is 3.21. The van der Waals surface area contributed by atoms with Crippen LogP contribution in [-0.4, -0.2) is 19.0 Å². The summed E-state index contributed by atoms with van der Waals surface area (Å²) in [7, 11) is 1.51. The van der Waals surface area contributed by atoms with Gasteiger partial charge in [0.2, 0.25) is 5.90 Å². The summed E-state index contributed by atoms with van der Waals surface area (Å²) in [5.41, 5.74) is 0.558. The van der Waals surface area contributed by atoms with E-state index in [-0.39, 0.29) is 17.2 Å². The van der Waals surface area contributed by atoms with Gasteiger partial charge < -0.3 is 9.47 Å². The van der Waals surface area contributed by atoms with Gasteiger partial charge >= 0.3 is 5.97 Å². The third kappa shape index (κ3) is 2.96. The molecule has 0 saturated carbocycles. The molecule has 1 aliphatic rings. The van der Waals surface area contributed by atoms with Gasteiger partial charge in [0.1, 0.15) is 17.4 Å². The Bertz CT molecular complexity index is 843. The predicted octanol–water partition coefficient (Wildman–Crippen LogP) is 3.32. The van der Waals surface area contributed by atoms with Crippen molar-refractivity contribution in [3.63, 3.8) is 0 Å². The number of hydrogen-bond donors (Lipinski definition) is 0. The van der Waals surface area contributed by atoms with E-state index < -0.39 is 17.6 Å². The van der Waals surface area contributed by atoms with Crippen LogP contribution in [0.25, 0.3) is 6.08 Å². The van der Waals surface area contributed by atoms with Gasteiger partial charge in [-0.1, -0.05) is 18.2 Å². The molecule has 0 aliphatic carbocycles. The van der Waals surface area contributed by atoms with Crippen molar-refractivity contribution >= 4 is 17.9 Å². The van der Waals surface area contributed by atoms with Gasteiger partial charge in [-0.25, -0.2) is 18.6 Å². The molecule has 1 aliphatic heterocycles. The first-order valence-electron chi connectivity index (χ1n) is 6.69. The number of carbonyl (C=O) groups is 1. The molecule has 1 heterocycles. The highest BCUT2D eigenvalue weighted by atomic mass is 19.1. The van der Waals surface area contributed by atoms with Gasteiger partial charge in [-0.3, -0.25) is 0 Å². The van der Waals surface area contributed by atoms with Crippen LogP contribution in [0.3, 0.4) is 0 Å². The number of methoxy groups -OCH3 is 1. The molecule has 0 fully saturated rings. The van der Waals surface area contributed by atoms with Crippen LogP contribution in [0, 0.1) is 11.6 Å². The molecule has 0 saturated heterocycles. The molecule has 2 aromatic rings. The quantitative estimate of drug-likeness (QED) is 0.645. The number of esters is 1. The maximum Gasteiger partial charge on any atom is 0.363 e. The van der Waals surface area contributed by atoms with Crippen molar-refractivity contribution in [2.75, 3.05) is 7.11 Å². The van der Waals surface area contributed by atoms with Gasteiger partial charge in [0.25, 0.3) is 0 Å². The SMILES string of the molecule is COc1ccccc1/C=C1\N=C(c2ccc(F)cc2F)OC1=O. The Hall–Kier alpha value is -3.02. The Morgan fingerprint density at radius 3 is 2.70 bits per heavy atom. The lowest BCUT2D eigenvalue weighted by Crippen LogP contribution is -2.07. The van der Waals surface area contributed by atoms with Crippen LogP contribution in [0.5, 0.6) is 5.75 Å². The van der Waals surface area contributed by atoms with E-state index >= 15 is 0 Å². The Morgan fingerprint density at radius 2 is 1.96 bits per heavy atom. The average molecular weight is 315 g/mol. The van der Waals surface area contributed by atoms with Gasteiger partial charge in [0, 0.05) is 11.6 Å². The molecule has 0 radical (unpaired) electrons. The second-order valence-corrected chi connectivity index (χ2v) is 4.70. The molecule has 23 heavy (non-hydrogen) atoms. The first-order chi connectivity index (χ1) is 11.1. The zero-order chi connectivity index (χ0) is 16.4. The van der Waals surface area contributed by atoms with E-state index in [9.17, 15) is 13.6 Å². The Kier molecular flexibility index (Phi) is 3.89. The lowest BCUT2D eigenvalue weighted by molar-refractivity contribution is -0.129. The van der Waals surface area contributed by atoms with Crippen LogP contribution in [0.4, 0.5) is 8.78 Å². The lowest BCUT2D eigenvalue weighted by Gasteiger charge is -2.03. The minimum Gasteiger partial charge on any atom is -0.496 e. The molecule has 116 valence electrons. The minimum absolute atomic E-state index is 0.00762. The zero-order valence-corrected chi connectivity index (χ0v) is 12.0. The molecule has 0 atom stereocenters. The summed E-state index contributed by atoms with van der Waals surface area (Å²) in [5.74, 6) is -1.93. The number of nitrogens with zero attached hydrogens (tertiary/aromatic N) is 1. The number of rotatable bonds is 3. The van der Waals surface area contributed by atoms with Crippen molar-refractivity contribution in [3.8, 4) is 5.75 Å². The summed E-state index contributed by atoms with van der Waals surface area (Å²) in [5, 5.41) is 0. The summed E-state index contributed by atoms with van der Waals surface area (Å²) >= 11 is 0. The molecular formula is C17H11F2NO3. The number of hydrogen-bond acceptors (Lipinski definition) is 4. The topological polar surface area (TPSA) is 47.9 Å². The molecule has 3 rings (SSSR count). The van der Waals surface area contributed by atoms with Crippen molar-refractivity contribution in [1.82, 2.24) is 0 Å². The largest absolute Gasteiger partial charge is 0.496 e. The van der Waals surface area contributed by atoms with Gasteiger partial charge in [0.15, 0.2) is 5.70 Å². The maximum atomic E-state index is 13.8. The van der Waals surface area contributed by atoms with Crippen molar-refractivity contribution in [1.29, 1.82) is 0 Å². The third-order valence-electron chi connectivity index (χ3n) is 3.21. The van der Waals surface area contributed by atoms with E-state index in [1.165, 1.54) is 19.3 Å². The van der Waals surface area contributed by atoms with Crippen molar-refractivity contribution < 1.29 is 23.0 Å². The van der Waals surface area contributed by atoms with Crippen molar-refractivity contribution in [2.45, 2.75) is 0 Å². The summed E-state index contributed by atoms with van der Waals surface area (Å²) in [6.07, 6.45) is 1.48. The Labute approximate surface area is 130 Å². The van der Waals surface area contributed by atoms with E-state index in [1.54, 1.807) is 24.3 Å². The minimum atomic E-state index is -0.852. The Balaban J connectivity index is 2.00. The standard InChI is InChI=1S/C17H11F2NO3/c1-22-15-5-3-2-4-10(15)8-14-17(21)23-16(20-14)12-7-6-11(18)9-13(12)19/h2-9H,1H3/b14-8-. The Morgan fingerprint density at radius 1 is 1.17 bits per heavy atom. The predicted molar refractivity (Wildman–Crippen MR) is 80.0 cm³/mol. The zero-order valence-electron chi connectivity index (χ0n) is 12.0. The first-order valence-corrected chi connectivity index (χ1v) is 6.69. The maximum absolute atomic E-state index is 13.8. The van der Waals surface area contributed by atoms with Gasteiger partial charge in [0.05, 0.1) is 12.7 Å². The number of cyclic esters (lactones) is 1. The molecule has 0 aromatic heterocycles. The van der Waals surface area contributed by atoms with Crippen LogP contribution in [0.15, 0.2) is 53.2 Å². The molecule has 0 N–H and O–H groups in total. The fourth-order valence-electron chi connectivity index (χ4n) is 2.12. The molecule has 4 nitrogen and oxygen atoms in total. The summed E-state index contributed by atoms with van der Waals surface area (Å²) in [6, 6.07) is 9.98. The molecule has 2 aromatic carbocycles. The molecule has 6 heteroatoms. The van der Waals surface area contributed by atoms with Crippen molar-refractivity contribution in [3.05, 3.63) is 70.9 Å². The highest BCUT2D eigenvalue weighted by molar-refractivity contribution is 6.13. The molecular weight excluding hydrogens is 304 g/mol. The van der Waals surface area contributed by atoms with Crippen LogP contribution in [0.1, 0.15) is 11.1 Å². The summed E-state index contributed by atoms with van der Waals surface area (Å²) in [4.78, 5) is 15.9. The smallest absolute Gasteiger partial charge is 0.363 e. The number of halogens is 2. The van der Waals surface area contributed by atoms with E-state index in [0.717, 1.165) is 6.07 Å². The van der Waals surface area contributed by atoms with Gasteiger partial charge in [-0.2, -0.15) is 0 Å². The highest BCUT2D eigenvalue weighted by Gasteiger charge is 2.26. The molecule has 0 spiro atoms. The van der Waals surface area contributed by atoms with E-state index in [4.69, 9.17) is 9.47 Å². The van der Waals surface area contributed by atoms with Crippen LogP contribution in [0.2, 0.25) is 0 Å². The number of benzene rings is 2. The number of para-hydroxylation sites is 1. The summed E-state index contributed by atoms with van der Waals surface area (Å²) in [6.45, 7) is 0. The number of carbonyl (C=O) groups excluding carboxylic acids is 1. The van der Waals surface area contributed by atoms with Crippen LogP contribution < -0.4 is 4.74 Å². The normalized spacial score (nSPS) is 15.5. The van der Waals surface area contributed by atoms with E-state index in [2.05, 4.69) is 4.99 Å². The van der Waals surface area contributed by atoms with Gasteiger partial charge in [-0.05, 0) is 24.3 Å². The second kappa shape index (κ2) is 6.00.